The molecule has 5 heteroatoms. The number of nitrogens with zero attached hydrogens (tertiary/aromatic N) is 1. The number of hydrogen-bond acceptors (Lipinski definition) is 2. The molecule has 4 nitrogen and oxygen atoms in total. The molecule has 0 atom stereocenters. The maximum absolute atomic E-state index is 13.1. The number of amides is 2. The van der Waals surface area contributed by atoms with Crippen molar-refractivity contribution in [1.29, 1.82) is 0 Å². The number of carbonyl (C=O) groups excluding carboxylic acids is 1. The molecule has 0 aliphatic heterocycles. The predicted octanol–water partition coefficient (Wildman–Crippen LogP) is 4.28. The summed E-state index contributed by atoms with van der Waals surface area (Å²) in [6.07, 6.45) is 0. The van der Waals surface area contributed by atoms with Crippen LogP contribution in [0.25, 0.3) is 0 Å². The lowest BCUT2D eigenvalue weighted by atomic mass is 10.2. The largest absolute Gasteiger partial charge is 0.489 e. The Morgan fingerprint density at radius 1 is 1.13 bits per heavy atom. The maximum Gasteiger partial charge on any atom is 0.321 e. The van der Waals surface area contributed by atoms with Gasteiger partial charge in [-0.15, -0.1) is 0 Å². The molecule has 2 rings (SSSR count). The van der Waals surface area contributed by atoms with Crippen molar-refractivity contribution in [2.75, 3.05) is 18.4 Å². The number of urea groups is 1. The third-order valence-corrected chi connectivity index (χ3v) is 3.43. The van der Waals surface area contributed by atoms with Crippen LogP contribution in [0.4, 0.5) is 14.9 Å². The van der Waals surface area contributed by atoms with Crippen molar-refractivity contribution in [2.45, 2.75) is 20.5 Å². The minimum atomic E-state index is -0.286. The molecule has 0 unspecified atom stereocenters. The van der Waals surface area contributed by atoms with E-state index in [1.165, 1.54) is 12.1 Å². The molecule has 2 amide bonds. The van der Waals surface area contributed by atoms with Crippen molar-refractivity contribution < 1.29 is 13.9 Å². The van der Waals surface area contributed by atoms with Gasteiger partial charge in [-0.2, -0.15) is 0 Å². The van der Waals surface area contributed by atoms with Crippen molar-refractivity contribution in [3.8, 4) is 5.75 Å². The Bertz CT molecular complexity index is 657. The van der Waals surface area contributed by atoms with Gasteiger partial charge in [0, 0.05) is 24.8 Å². The van der Waals surface area contributed by atoms with Gasteiger partial charge in [0.15, 0.2) is 0 Å². The Hall–Kier alpha value is -2.56. The topological polar surface area (TPSA) is 41.6 Å². The average molecular weight is 316 g/mol. The van der Waals surface area contributed by atoms with E-state index in [-0.39, 0.29) is 18.5 Å². The highest BCUT2D eigenvalue weighted by Crippen LogP contribution is 2.19. The van der Waals surface area contributed by atoms with E-state index in [2.05, 4.69) is 5.32 Å². The summed E-state index contributed by atoms with van der Waals surface area (Å²) in [5.74, 6) is 0.331. The second-order valence-corrected chi connectivity index (χ2v) is 5.05. The molecular formula is C18H21FN2O2. The molecule has 2 aromatic rings. The van der Waals surface area contributed by atoms with Crippen LogP contribution in [-0.4, -0.2) is 24.0 Å². The highest BCUT2D eigenvalue weighted by atomic mass is 19.1. The zero-order valence-electron chi connectivity index (χ0n) is 13.4. The molecule has 122 valence electrons. The molecule has 0 radical (unpaired) electrons. The van der Waals surface area contributed by atoms with Crippen LogP contribution in [-0.2, 0) is 6.61 Å². The summed E-state index contributed by atoms with van der Waals surface area (Å²) in [6, 6.07) is 13.3. The number of halogens is 1. The summed E-state index contributed by atoms with van der Waals surface area (Å²) < 4.78 is 18.8. The van der Waals surface area contributed by atoms with Crippen LogP contribution in [0.3, 0.4) is 0 Å². The first kappa shape index (κ1) is 16.8. The van der Waals surface area contributed by atoms with Crippen molar-refractivity contribution >= 4 is 11.7 Å². The lowest BCUT2D eigenvalue weighted by Crippen LogP contribution is -2.34. The Kier molecular flexibility index (Phi) is 5.97. The zero-order chi connectivity index (χ0) is 16.7. The third kappa shape index (κ3) is 4.98. The molecule has 23 heavy (non-hydrogen) atoms. The molecule has 0 spiro atoms. The number of rotatable bonds is 6. The summed E-state index contributed by atoms with van der Waals surface area (Å²) in [6.45, 7) is 5.44. The van der Waals surface area contributed by atoms with E-state index in [0.29, 0.717) is 24.5 Å². The summed E-state index contributed by atoms with van der Waals surface area (Å²) in [5, 5.41) is 2.84. The van der Waals surface area contributed by atoms with Crippen molar-refractivity contribution in [3.63, 3.8) is 0 Å². The number of benzene rings is 2. The van der Waals surface area contributed by atoms with Crippen LogP contribution in [0, 0.1) is 5.82 Å². The quantitative estimate of drug-likeness (QED) is 0.864. The van der Waals surface area contributed by atoms with Crippen LogP contribution in [0.2, 0.25) is 0 Å². The van der Waals surface area contributed by atoms with Gasteiger partial charge in [0.1, 0.15) is 18.2 Å². The summed E-state index contributed by atoms with van der Waals surface area (Å²) in [5.41, 5.74) is 1.42. The second kappa shape index (κ2) is 8.17. The highest BCUT2D eigenvalue weighted by molar-refractivity contribution is 5.89. The Labute approximate surface area is 135 Å². The lowest BCUT2D eigenvalue weighted by molar-refractivity contribution is 0.217. The van der Waals surface area contributed by atoms with E-state index in [4.69, 9.17) is 4.74 Å². The molecule has 0 saturated heterocycles. The van der Waals surface area contributed by atoms with E-state index in [1.807, 2.05) is 13.8 Å². The molecular weight excluding hydrogens is 295 g/mol. The maximum atomic E-state index is 13.1. The first-order chi connectivity index (χ1) is 11.1. The zero-order valence-corrected chi connectivity index (χ0v) is 13.4. The predicted molar refractivity (Wildman–Crippen MR) is 89.1 cm³/mol. The average Bonchev–Trinajstić information content (AvgIpc) is 2.54. The summed E-state index contributed by atoms with van der Waals surface area (Å²) >= 11 is 0. The van der Waals surface area contributed by atoms with Crippen LogP contribution >= 0.6 is 0 Å². The second-order valence-electron chi connectivity index (χ2n) is 5.05. The minimum Gasteiger partial charge on any atom is -0.489 e. The van der Waals surface area contributed by atoms with Crippen LogP contribution in [0.5, 0.6) is 5.75 Å². The fourth-order valence-electron chi connectivity index (χ4n) is 2.17. The van der Waals surface area contributed by atoms with Crippen molar-refractivity contribution in [2.24, 2.45) is 0 Å². The minimum absolute atomic E-state index is 0.141. The fourth-order valence-corrected chi connectivity index (χ4v) is 2.17. The van der Waals surface area contributed by atoms with Gasteiger partial charge in [-0.25, -0.2) is 9.18 Å². The van der Waals surface area contributed by atoms with E-state index in [1.54, 1.807) is 41.3 Å². The SMILES string of the molecule is CCN(CC)C(=O)Nc1cccc(OCc2cccc(F)c2)c1. The highest BCUT2D eigenvalue weighted by Gasteiger charge is 2.09. The van der Waals surface area contributed by atoms with Gasteiger partial charge in [-0.05, 0) is 43.7 Å². The molecule has 0 bridgehead atoms. The molecule has 0 fully saturated rings. The number of ether oxygens (including phenoxy) is 1. The first-order valence-electron chi connectivity index (χ1n) is 7.65. The number of nitrogens with one attached hydrogen (secondary N) is 1. The van der Waals surface area contributed by atoms with Gasteiger partial charge in [-0.1, -0.05) is 18.2 Å². The van der Waals surface area contributed by atoms with Crippen LogP contribution in [0.1, 0.15) is 19.4 Å². The monoisotopic (exact) mass is 316 g/mol. The van der Waals surface area contributed by atoms with E-state index in [9.17, 15) is 9.18 Å². The van der Waals surface area contributed by atoms with Gasteiger partial charge in [0.05, 0.1) is 0 Å². The van der Waals surface area contributed by atoms with Gasteiger partial charge in [0.25, 0.3) is 0 Å². The lowest BCUT2D eigenvalue weighted by Gasteiger charge is -2.19. The first-order valence-corrected chi connectivity index (χ1v) is 7.65. The van der Waals surface area contributed by atoms with Gasteiger partial charge in [0.2, 0.25) is 0 Å². The molecule has 1 N–H and O–H groups in total. The summed E-state index contributed by atoms with van der Waals surface area (Å²) in [7, 11) is 0. The van der Waals surface area contributed by atoms with E-state index in [0.717, 1.165) is 5.56 Å². The Morgan fingerprint density at radius 3 is 2.57 bits per heavy atom. The molecule has 0 aliphatic carbocycles. The van der Waals surface area contributed by atoms with Crippen molar-refractivity contribution in [1.82, 2.24) is 4.90 Å². The molecule has 0 saturated carbocycles. The molecule has 2 aromatic carbocycles. The number of hydrogen-bond donors (Lipinski definition) is 1. The third-order valence-electron chi connectivity index (χ3n) is 3.43. The molecule has 0 aromatic heterocycles. The van der Waals surface area contributed by atoms with Crippen molar-refractivity contribution in [3.05, 3.63) is 59.9 Å². The van der Waals surface area contributed by atoms with E-state index < -0.39 is 0 Å². The molecule has 0 heterocycles. The Morgan fingerprint density at radius 2 is 1.87 bits per heavy atom. The van der Waals surface area contributed by atoms with Crippen LogP contribution in [0.15, 0.2) is 48.5 Å². The smallest absolute Gasteiger partial charge is 0.321 e. The summed E-state index contributed by atoms with van der Waals surface area (Å²) in [4.78, 5) is 13.7. The number of carbonyl (C=O) groups is 1. The normalized spacial score (nSPS) is 10.2. The Balaban J connectivity index is 1.98. The van der Waals surface area contributed by atoms with E-state index >= 15 is 0 Å². The van der Waals surface area contributed by atoms with Gasteiger partial charge < -0.3 is 15.0 Å². The number of anilines is 1. The standard InChI is InChI=1S/C18H21FN2O2/c1-3-21(4-2)18(22)20-16-9-6-10-17(12-16)23-13-14-7-5-8-15(19)11-14/h5-12H,3-4,13H2,1-2H3,(H,20,22). The van der Waals surface area contributed by atoms with Gasteiger partial charge in [-0.3, -0.25) is 0 Å². The fraction of sp³-hybridized carbons (Fsp3) is 0.278. The molecule has 0 aliphatic rings. The van der Waals surface area contributed by atoms with Gasteiger partial charge >= 0.3 is 6.03 Å². The van der Waals surface area contributed by atoms with Crippen LogP contribution < -0.4 is 10.1 Å².